The van der Waals surface area contributed by atoms with Crippen molar-refractivity contribution in [3.8, 4) is 0 Å². The summed E-state index contributed by atoms with van der Waals surface area (Å²) in [6.45, 7) is 10.4. The second-order valence-corrected chi connectivity index (χ2v) is 10.5. The number of quaternary nitrogens is 1. The minimum Gasteiger partial charge on any atom is -0.331 e. The maximum absolute atomic E-state index is 12.7. The molecule has 0 atom stereocenters. The van der Waals surface area contributed by atoms with Gasteiger partial charge in [-0.15, -0.1) is 11.3 Å². The van der Waals surface area contributed by atoms with E-state index in [1.807, 2.05) is 4.90 Å². The van der Waals surface area contributed by atoms with Gasteiger partial charge in [-0.1, -0.05) is 20.8 Å². The molecule has 2 aromatic heterocycles. The van der Waals surface area contributed by atoms with E-state index < -0.39 is 0 Å². The molecule has 0 unspecified atom stereocenters. The molecule has 4 rings (SSSR count). The highest BCUT2D eigenvalue weighted by Crippen LogP contribution is 2.33. The zero-order valence-electron chi connectivity index (χ0n) is 17.2. The standard InChI is InChI=1S/C21H30N4O2S/c1-21(2,3)12-17(26)25-10-8-24(9-11-25)13-16-22-19(27)18-14-6-4-5-7-15(14)28-20(18)23-16/h4-13H2,1-3H3,(H,22,23,27)/p+1. The molecule has 7 heteroatoms. The summed E-state index contributed by atoms with van der Waals surface area (Å²) < 4.78 is 0. The van der Waals surface area contributed by atoms with Crippen LogP contribution in [0.4, 0.5) is 0 Å². The minimum absolute atomic E-state index is 0.0257. The van der Waals surface area contributed by atoms with E-state index in [-0.39, 0.29) is 16.9 Å². The van der Waals surface area contributed by atoms with E-state index in [1.54, 1.807) is 11.3 Å². The minimum atomic E-state index is 0.0257. The van der Waals surface area contributed by atoms with Crippen LogP contribution < -0.4 is 10.5 Å². The molecule has 6 nitrogen and oxygen atoms in total. The Morgan fingerprint density at radius 2 is 1.93 bits per heavy atom. The van der Waals surface area contributed by atoms with E-state index in [4.69, 9.17) is 4.98 Å². The molecule has 28 heavy (non-hydrogen) atoms. The highest BCUT2D eigenvalue weighted by atomic mass is 32.1. The summed E-state index contributed by atoms with van der Waals surface area (Å²) >= 11 is 1.71. The zero-order valence-corrected chi connectivity index (χ0v) is 18.0. The summed E-state index contributed by atoms with van der Waals surface area (Å²) in [7, 11) is 0. The van der Waals surface area contributed by atoms with Gasteiger partial charge < -0.3 is 14.8 Å². The SMILES string of the molecule is CC(C)(C)CC(=O)N1CC[NH+](Cc2nc3sc4c(c3c(=O)[nH]2)CCCC4)CC1. The average molecular weight is 404 g/mol. The first kappa shape index (κ1) is 19.6. The van der Waals surface area contributed by atoms with Gasteiger partial charge in [0.2, 0.25) is 5.91 Å². The molecule has 2 aliphatic rings. The van der Waals surface area contributed by atoms with Crippen molar-refractivity contribution in [1.29, 1.82) is 0 Å². The van der Waals surface area contributed by atoms with Crippen LogP contribution in [0.2, 0.25) is 0 Å². The van der Waals surface area contributed by atoms with Crippen LogP contribution in [0, 0.1) is 5.41 Å². The van der Waals surface area contributed by atoms with Gasteiger partial charge in [0.05, 0.1) is 31.6 Å². The van der Waals surface area contributed by atoms with Gasteiger partial charge in [0, 0.05) is 11.3 Å². The normalized spacial score (nSPS) is 18.5. The number of nitrogens with zero attached hydrogens (tertiary/aromatic N) is 2. The third-order valence-electron chi connectivity index (χ3n) is 5.80. The van der Waals surface area contributed by atoms with Crippen LogP contribution in [0.15, 0.2) is 4.79 Å². The third-order valence-corrected chi connectivity index (χ3v) is 6.98. The Bertz CT molecular complexity index is 932. The summed E-state index contributed by atoms with van der Waals surface area (Å²) in [4.78, 5) is 38.6. The summed E-state index contributed by atoms with van der Waals surface area (Å²) in [5, 5.41) is 0.830. The lowest BCUT2D eigenvalue weighted by molar-refractivity contribution is -0.918. The van der Waals surface area contributed by atoms with Gasteiger partial charge in [-0.25, -0.2) is 4.98 Å². The Hall–Kier alpha value is -1.73. The first-order valence-electron chi connectivity index (χ1n) is 10.4. The number of rotatable bonds is 3. The molecule has 3 heterocycles. The monoisotopic (exact) mass is 403 g/mol. The summed E-state index contributed by atoms with van der Waals surface area (Å²) in [5.41, 5.74) is 1.29. The highest BCUT2D eigenvalue weighted by molar-refractivity contribution is 7.18. The number of aryl methyl sites for hydroxylation is 2. The molecule has 1 saturated heterocycles. The van der Waals surface area contributed by atoms with Crippen LogP contribution in [0.5, 0.6) is 0 Å². The molecule has 1 fully saturated rings. The van der Waals surface area contributed by atoms with Crippen molar-refractivity contribution < 1.29 is 9.69 Å². The van der Waals surface area contributed by atoms with E-state index in [1.165, 1.54) is 28.2 Å². The Kier molecular flexibility index (Phi) is 5.31. The van der Waals surface area contributed by atoms with E-state index in [0.29, 0.717) is 6.42 Å². The molecule has 1 aliphatic heterocycles. The molecule has 0 aromatic carbocycles. The largest absolute Gasteiger partial charge is 0.331 e. The fourth-order valence-corrected chi connectivity index (χ4v) is 5.62. The second-order valence-electron chi connectivity index (χ2n) is 9.45. The molecule has 0 spiro atoms. The number of piperazine rings is 1. The predicted octanol–water partition coefficient (Wildman–Crippen LogP) is 1.53. The zero-order chi connectivity index (χ0) is 19.9. The molecular weight excluding hydrogens is 372 g/mol. The number of hydrogen-bond donors (Lipinski definition) is 2. The highest BCUT2D eigenvalue weighted by Gasteiger charge is 2.27. The molecule has 0 radical (unpaired) electrons. The Balaban J connectivity index is 1.42. The van der Waals surface area contributed by atoms with Gasteiger partial charge in [0.25, 0.3) is 5.56 Å². The number of aromatic amines is 1. The fraction of sp³-hybridized carbons (Fsp3) is 0.667. The topological polar surface area (TPSA) is 70.5 Å². The number of H-pyrrole nitrogens is 1. The Morgan fingerprint density at radius 1 is 1.21 bits per heavy atom. The van der Waals surface area contributed by atoms with Gasteiger partial charge in [0.15, 0.2) is 5.82 Å². The number of amides is 1. The lowest BCUT2D eigenvalue weighted by Gasteiger charge is -2.33. The van der Waals surface area contributed by atoms with Gasteiger partial charge >= 0.3 is 0 Å². The van der Waals surface area contributed by atoms with Crippen molar-refractivity contribution in [1.82, 2.24) is 14.9 Å². The smallest absolute Gasteiger partial charge is 0.260 e. The van der Waals surface area contributed by atoms with Crippen LogP contribution in [-0.4, -0.2) is 47.0 Å². The third kappa shape index (κ3) is 4.15. The van der Waals surface area contributed by atoms with E-state index >= 15 is 0 Å². The van der Waals surface area contributed by atoms with Crippen LogP contribution >= 0.6 is 11.3 Å². The van der Waals surface area contributed by atoms with Gasteiger partial charge in [-0.2, -0.15) is 0 Å². The molecule has 1 aliphatic carbocycles. The van der Waals surface area contributed by atoms with Gasteiger partial charge in [0.1, 0.15) is 11.4 Å². The number of hydrogen-bond acceptors (Lipinski definition) is 4. The first-order chi connectivity index (χ1) is 13.3. The molecule has 152 valence electrons. The van der Waals surface area contributed by atoms with Crippen molar-refractivity contribution >= 4 is 27.5 Å². The van der Waals surface area contributed by atoms with Crippen LogP contribution in [-0.2, 0) is 24.2 Å². The Morgan fingerprint density at radius 3 is 2.64 bits per heavy atom. The van der Waals surface area contributed by atoms with Gasteiger partial charge in [-0.3, -0.25) is 9.59 Å². The van der Waals surface area contributed by atoms with E-state index in [2.05, 4.69) is 25.8 Å². The summed E-state index contributed by atoms with van der Waals surface area (Å²) in [6.07, 6.45) is 5.07. The maximum atomic E-state index is 12.7. The van der Waals surface area contributed by atoms with Crippen molar-refractivity contribution in [3.05, 3.63) is 26.6 Å². The van der Waals surface area contributed by atoms with Crippen molar-refractivity contribution in [2.45, 2.75) is 59.4 Å². The lowest BCUT2D eigenvalue weighted by atomic mass is 9.91. The van der Waals surface area contributed by atoms with Crippen molar-refractivity contribution in [3.63, 3.8) is 0 Å². The lowest BCUT2D eigenvalue weighted by Crippen LogP contribution is -3.13. The summed E-state index contributed by atoms with van der Waals surface area (Å²) in [5.74, 6) is 1.03. The molecule has 0 bridgehead atoms. The number of nitrogens with one attached hydrogen (secondary N) is 2. The number of carbonyl (C=O) groups is 1. The Labute approximate surface area is 169 Å². The van der Waals surface area contributed by atoms with E-state index in [9.17, 15) is 9.59 Å². The van der Waals surface area contributed by atoms with Crippen LogP contribution in [0.3, 0.4) is 0 Å². The maximum Gasteiger partial charge on any atom is 0.260 e. The number of carbonyl (C=O) groups excluding carboxylic acids is 1. The molecule has 0 saturated carbocycles. The number of aromatic nitrogens is 2. The molecule has 2 aromatic rings. The number of fused-ring (bicyclic) bond motifs is 3. The molecule has 2 N–H and O–H groups in total. The molecule has 1 amide bonds. The van der Waals surface area contributed by atoms with Gasteiger partial charge in [-0.05, 0) is 36.7 Å². The van der Waals surface area contributed by atoms with Crippen LogP contribution in [0.25, 0.3) is 10.2 Å². The van der Waals surface area contributed by atoms with Crippen molar-refractivity contribution in [2.75, 3.05) is 26.2 Å². The van der Waals surface area contributed by atoms with E-state index in [0.717, 1.165) is 61.6 Å². The fourth-order valence-electron chi connectivity index (χ4n) is 4.34. The van der Waals surface area contributed by atoms with Crippen molar-refractivity contribution in [2.24, 2.45) is 5.41 Å². The van der Waals surface area contributed by atoms with Crippen LogP contribution in [0.1, 0.15) is 56.3 Å². The second kappa shape index (κ2) is 7.59. The first-order valence-corrected chi connectivity index (χ1v) is 11.3. The predicted molar refractivity (Wildman–Crippen MR) is 112 cm³/mol. The average Bonchev–Trinajstić information content (AvgIpc) is 2.99. The quantitative estimate of drug-likeness (QED) is 0.817. The molecular formula is C21H31N4O2S+. The number of thiophene rings is 1. The summed E-state index contributed by atoms with van der Waals surface area (Å²) in [6, 6.07) is 0.